The molecule has 2 amide bonds. The molecule has 1 atom stereocenters. The van der Waals surface area contributed by atoms with E-state index in [0.717, 1.165) is 18.7 Å². The Hall–Kier alpha value is -2.08. The lowest BCUT2D eigenvalue weighted by molar-refractivity contribution is -0.125. The lowest BCUT2D eigenvalue weighted by atomic mass is 9.86. The third-order valence-electron chi connectivity index (χ3n) is 5.73. The maximum atomic E-state index is 12.6. The molecular formula is C22H33N3O3. The smallest absolute Gasteiger partial charge is 0.267 e. The summed E-state index contributed by atoms with van der Waals surface area (Å²) < 4.78 is 5.75. The zero-order valence-electron chi connectivity index (χ0n) is 17.4. The number of nitrogens with zero attached hydrogens (tertiary/aromatic N) is 2. The van der Waals surface area contributed by atoms with Crippen LogP contribution in [0.4, 0.5) is 11.4 Å². The van der Waals surface area contributed by atoms with Gasteiger partial charge in [0.2, 0.25) is 5.91 Å². The number of carbonyl (C=O) groups excluding carboxylic acids is 2. The quantitative estimate of drug-likeness (QED) is 0.776. The van der Waals surface area contributed by atoms with Gasteiger partial charge < -0.3 is 19.9 Å². The van der Waals surface area contributed by atoms with Crippen molar-refractivity contribution in [2.75, 3.05) is 37.4 Å². The SMILES string of the molecule is CC1Oc2ccc(NC(=O)CCC3CCCCC3)cc2N(CCN(C)C)C1=O. The highest BCUT2D eigenvalue weighted by Crippen LogP contribution is 2.36. The van der Waals surface area contributed by atoms with Crippen molar-refractivity contribution in [3.8, 4) is 5.75 Å². The summed E-state index contributed by atoms with van der Waals surface area (Å²) in [5.41, 5.74) is 1.45. The Morgan fingerprint density at radius 2 is 2.00 bits per heavy atom. The number of nitrogens with one attached hydrogen (secondary N) is 1. The maximum absolute atomic E-state index is 12.6. The highest BCUT2D eigenvalue weighted by Gasteiger charge is 2.31. The molecule has 6 nitrogen and oxygen atoms in total. The predicted octanol–water partition coefficient (Wildman–Crippen LogP) is 3.66. The zero-order valence-corrected chi connectivity index (χ0v) is 17.4. The Morgan fingerprint density at radius 3 is 2.71 bits per heavy atom. The molecule has 3 rings (SSSR count). The summed E-state index contributed by atoms with van der Waals surface area (Å²) in [6, 6.07) is 5.55. The maximum Gasteiger partial charge on any atom is 0.267 e. The highest BCUT2D eigenvalue weighted by molar-refractivity contribution is 6.01. The van der Waals surface area contributed by atoms with Crippen LogP contribution in [0.2, 0.25) is 0 Å². The van der Waals surface area contributed by atoms with Gasteiger partial charge in [-0.25, -0.2) is 0 Å². The van der Waals surface area contributed by atoms with Crippen molar-refractivity contribution in [1.82, 2.24) is 4.90 Å². The van der Waals surface area contributed by atoms with Gasteiger partial charge in [-0.2, -0.15) is 0 Å². The minimum atomic E-state index is -0.495. The Bertz CT molecular complexity index is 698. The third-order valence-corrected chi connectivity index (χ3v) is 5.73. The first-order valence-electron chi connectivity index (χ1n) is 10.5. The van der Waals surface area contributed by atoms with Crippen molar-refractivity contribution in [1.29, 1.82) is 0 Å². The average molecular weight is 388 g/mol. The number of fused-ring (bicyclic) bond motifs is 1. The van der Waals surface area contributed by atoms with Crippen LogP contribution in [0.1, 0.15) is 51.9 Å². The van der Waals surface area contributed by atoms with E-state index < -0.39 is 6.10 Å². The van der Waals surface area contributed by atoms with Gasteiger partial charge in [0.15, 0.2) is 6.10 Å². The standard InChI is InChI=1S/C22H33N3O3/c1-16-22(27)25(14-13-24(2)3)19-15-18(10-11-20(19)28-16)23-21(26)12-9-17-7-5-4-6-8-17/h10-11,15-17H,4-9,12-14H2,1-3H3,(H,23,26). The fourth-order valence-electron chi connectivity index (χ4n) is 4.05. The van der Waals surface area contributed by atoms with Crippen LogP contribution in [0.15, 0.2) is 18.2 Å². The van der Waals surface area contributed by atoms with Crippen LogP contribution in [0.3, 0.4) is 0 Å². The zero-order chi connectivity index (χ0) is 20.1. The van der Waals surface area contributed by atoms with E-state index in [2.05, 4.69) is 5.32 Å². The summed E-state index contributed by atoms with van der Waals surface area (Å²) in [6.07, 6.45) is 7.46. The summed E-state index contributed by atoms with van der Waals surface area (Å²) in [6.45, 7) is 3.12. The molecule has 1 fully saturated rings. The van der Waals surface area contributed by atoms with E-state index in [-0.39, 0.29) is 11.8 Å². The number of likely N-dealkylation sites (N-methyl/N-ethyl adjacent to an activating group) is 1. The first-order valence-corrected chi connectivity index (χ1v) is 10.5. The molecule has 2 aliphatic rings. The number of carbonyl (C=O) groups is 2. The molecule has 0 bridgehead atoms. The summed E-state index contributed by atoms with van der Waals surface area (Å²) in [4.78, 5) is 28.8. The first kappa shape index (κ1) is 20.6. The normalized spacial score (nSPS) is 20.1. The van der Waals surface area contributed by atoms with E-state index in [1.165, 1.54) is 32.1 Å². The Labute approximate surface area is 168 Å². The minimum absolute atomic E-state index is 0.0433. The van der Waals surface area contributed by atoms with Crippen molar-refractivity contribution < 1.29 is 14.3 Å². The molecule has 1 unspecified atom stereocenters. The number of benzene rings is 1. The number of ether oxygens (including phenoxy) is 1. The molecule has 28 heavy (non-hydrogen) atoms. The second kappa shape index (κ2) is 9.41. The van der Waals surface area contributed by atoms with Crippen LogP contribution in [-0.4, -0.2) is 50.0 Å². The van der Waals surface area contributed by atoms with Gasteiger partial charge in [0, 0.05) is 25.2 Å². The van der Waals surface area contributed by atoms with Crippen LogP contribution in [-0.2, 0) is 9.59 Å². The van der Waals surface area contributed by atoms with E-state index in [9.17, 15) is 9.59 Å². The second-order valence-corrected chi connectivity index (χ2v) is 8.33. The van der Waals surface area contributed by atoms with Gasteiger partial charge in [-0.3, -0.25) is 9.59 Å². The van der Waals surface area contributed by atoms with Crippen molar-refractivity contribution >= 4 is 23.2 Å². The number of hydrogen-bond donors (Lipinski definition) is 1. The van der Waals surface area contributed by atoms with Crippen molar-refractivity contribution in [2.24, 2.45) is 5.92 Å². The summed E-state index contributed by atoms with van der Waals surface area (Å²) in [5.74, 6) is 1.38. The van der Waals surface area contributed by atoms with Gasteiger partial charge in [-0.15, -0.1) is 0 Å². The molecule has 1 heterocycles. The largest absolute Gasteiger partial charge is 0.479 e. The van der Waals surface area contributed by atoms with Gasteiger partial charge in [0.1, 0.15) is 5.75 Å². The molecule has 1 N–H and O–H groups in total. The molecule has 1 saturated carbocycles. The molecule has 6 heteroatoms. The summed E-state index contributed by atoms with van der Waals surface area (Å²) in [7, 11) is 3.97. The molecular weight excluding hydrogens is 354 g/mol. The number of rotatable bonds is 7. The van der Waals surface area contributed by atoms with Crippen LogP contribution >= 0.6 is 0 Å². The van der Waals surface area contributed by atoms with Gasteiger partial charge >= 0.3 is 0 Å². The van der Waals surface area contributed by atoms with E-state index in [4.69, 9.17) is 4.74 Å². The monoisotopic (exact) mass is 387 g/mol. The molecule has 0 radical (unpaired) electrons. The van der Waals surface area contributed by atoms with Gasteiger partial charge in [0.05, 0.1) is 5.69 Å². The average Bonchev–Trinajstić information content (AvgIpc) is 2.68. The van der Waals surface area contributed by atoms with Crippen molar-refractivity contribution in [2.45, 2.75) is 58.0 Å². The highest BCUT2D eigenvalue weighted by atomic mass is 16.5. The van der Waals surface area contributed by atoms with Crippen molar-refractivity contribution in [3.05, 3.63) is 18.2 Å². The molecule has 1 aliphatic carbocycles. The lowest BCUT2D eigenvalue weighted by Crippen LogP contribution is -2.46. The first-order chi connectivity index (χ1) is 13.4. The molecule has 154 valence electrons. The number of amides is 2. The summed E-state index contributed by atoms with van der Waals surface area (Å²) >= 11 is 0. The van der Waals surface area contributed by atoms with Gasteiger partial charge in [-0.1, -0.05) is 32.1 Å². The van der Waals surface area contributed by atoms with E-state index in [1.54, 1.807) is 11.8 Å². The molecule has 1 aromatic rings. The fourth-order valence-corrected chi connectivity index (χ4v) is 4.05. The molecule has 0 spiro atoms. The fraction of sp³-hybridized carbons (Fsp3) is 0.636. The minimum Gasteiger partial charge on any atom is -0.479 e. The third kappa shape index (κ3) is 5.25. The second-order valence-electron chi connectivity index (χ2n) is 8.33. The van der Waals surface area contributed by atoms with Crippen LogP contribution in [0, 0.1) is 5.92 Å². The topological polar surface area (TPSA) is 61.9 Å². The lowest BCUT2D eigenvalue weighted by Gasteiger charge is -2.34. The molecule has 1 aliphatic heterocycles. The Balaban J connectivity index is 1.65. The molecule has 0 saturated heterocycles. The van der Waals surface area contributed by atoms with E-state index in [0.29, 0.717) is 30.3 Å². The number of hydrogen-bond acceptors (Lipinski definition) is 4. The Morgan fingerprint density at radius 1 is 1.25 bits per heavy atom. The Kier molecular flexibility index (Phi) is 6.94. The van der Waals surface area contributed by atoms with Gasteiger partial charge in [-0.05, 0) is 51.6 Å². The van der Waals surface area contributed by atoms with Crippen molar-refractivity contribution in [3.63, 3.8) is 0 Å². The van der Waals surface area contributed by atoms with Crippen LogP contribution < -0.4 is 15.0 Å². The molecule has 0 aromatic heterocycles. The molecule has 1 aromatic carbocycles. The van der Waals surface area contributed by atoms with Gasteiger partial charge in [0.25, 0.3) is 5.91 Å². The van der Waals surface area contributed by atoms with Crippen LogP contribution in [0.5, 0.6) is 5.75 Å². The number of anilines is 2. The predicted molar refractivity (Wildman–Crippen MR) is 112 cm³/mol. The van der Waals surface area contributed by atoms with Crippen LogP contribution in [0.25, 0.3) is 0 Å². The van der Waals surface area contributed by atoms with E-state index >= 15 is 0 Å². The van der Waals surface area contributed by atoms with E-state index in [1.807, 2.05) is 37.2 Å². The summed E-state index contributed by atoms with van der Waals surface area (Å²) in [5, 5.41) is 3.00.